The number of esters is 1. The molecule has 0 amide bonds. The Kier molecular flexibility index (Phi) is 7.11. The van der Waals surface area contributed by atoms with Gasteiger partial charge in [-0.1, -0.05) is 53.3 Å². The molecule has 0 unspecified atom stereocenters. The van der Waals surface area contributed by atoms with Crippen LogP contribution < -0.4 is 19.6 Å². The van der Waals surface area contributed by atoms with E-state index in [9.17, 15) is 9.59 Å². The Morgan fingerprint density at radius 1 is 1.10 bits per heavy atom. The first-order valence-electron chi connectivity index (χ1n) is 13.0. The Bertz CT molecular complexity index is 2020. The van der Waals surface area contributed by atoms with Crippen LogP contribution in [0.1, 0.15) is 31.2 Å². The molecule has 0 aliphatic carbocycles. The summed E-state index contributed by atoms with van der Waals surface area (Å²) in [5, 5.41) is 2.45. The number of carbonyl (C=O) groups is 1. The Balaban J connectivity index is 1.57. The van der Waals surface area contributed by atoms with Crippen LogP contribution in [0.15, 0.2) is 98.3 Å². The van der Waals surface area contributed by atoms with Gasteiger partial charge in [-0.3, -0.25) is 9.36 Å². The summed E-state index contributed by atoms with van der Waals surface area (Å²) < 4.78 is 19.3. The highest BCUT2D eigenvalue weighted by Gasteiger charge is 2.36. The average Bonchev–Trinajstić information content (AvgIpc) is 3.56. The zero-order valence-electron chi connectivity index (χ0n) is 22.5. The highest BCUT2D eigenvalue weighted by molar-refractivity contribution is 7.07. The van der Waals surface area contributed by atoms with E-state index >= 15 is 0 Å². The molecular weight excluding hydrogens is 560 g/mol. The van der Waals surface area contributed by atoms with Crippen LogP contribution in [0, 0.1) is 0 Å². The molecule has 41 heavy (non-hydrogen) atoms. The number of rotatable bonds is 6. The fourth-order valence-electron chi connectivity index (χ4n) is 5.13. The summed E-state index contributed by atoms with van der Waals surface area (Å²) in [6.07, 6.45) is 1.70. The van der Waals surface area contributed by atoms with Crippen molar-refractivity contribution in [2.75, 3.05) is 13.7 Å². The van der Waals surface area contributed by atoms with Crippen molar-refractivity contribution in [3.05, 3.63) is 120 Å². The maximum absolute atomic E-state index is 14.1. The van der Waals surface area contributed by atoms with Gasteiger partial charge in [0.1, 0.15) is 23.3 Å². The van der Waals surface area contributed by atoms with Gasteiger partial charge in [0.05, 0.1) is 29.5 Å². The number of allylic oxidation sites excluding steroid dienone is 1. The summed E-state index contributed by atoms with van der Waals surface area (Å²) in [5.74, 6) is 1.19. The Morgan fingerprint density at radius 2 is 1.88 bits per heavy atom. The summed E-state index contributed by atoms with van der Waals surface area (Å²) in [5.41, 5.74) is 2.04. The van der Waals surface area contributed by atoms with Crippen LogP contribution in [0.4, 0.5) is 0 Å². The summed E-state index contributed by atoms with van der Waals surface area (Å²) in [6, 6.07) is 21.8. The van der Waals surface area contributed by atoms with Gasteiger partial charge in [-0.15, -0.1) is 0 Å². The smallest absolute Gasteiger partial charge is 0.338 e. The number of thiazole rings is 1. The highest BCUT2D eigenvalue weighted by atomic mass is 35.5. The lowest BCUT2D eigenvalue weighted by Crippen LogP contribution is -2.40. The molecule has 5 aromatic rings. The van der Waals surface area contributed by atoms with E-state index in [0.29, 0.717) is 48.5 Å². The topological polar surface area (TPSA) is 83.0 Å². The van der Waals surface area contributed by atoms with Gasteiger partial charge in [0, 0.05) is 22.2 Å². The van der Waals surface area contributed by atoms with Gasteiger partial charge in [-0.2, -0.15) is 0 Å². The maximum Gasteiger partial charge on any atom is 0.338 e. The van der Waals surface area contributed by atoms with Crippen LogP contribution >= 0.6 is 22.9 Å². The molecule has 0 spiro atoms. The van der Waals surface area contributed by atoms with Crippen LogP contribution in [0.25, 0.3) is 28.2 Å². The van der Waals surface area contributed by atoms with Crippen molar-refractivity contribution < 1.29 is 18.7 Å². The molecule has 6 rings (SSSR count). The van der Waals surface area contributed by atoms with Gasteiger partial charge in [0.15, 0.2) is 4.80 Å². The fourth-order valence-corrected chi connectivity index (χ4v) is 6.28. The second kappa shape index (κ2) is 10.9. The Labute approximate surface area is 244 Å². The minimum Gasteiger partial charge on any atom is -0.496 e. The SMILES string of the molecule is CCOC(=O)C1=C(C)N=c2s/c(=C/c3ccc(-c4ccc(Cl)cc4)o3)c(=O)n2[C@@H]1c1c(OC)ccc2ccccc12. The first-order chi connectivity index (χ1) is 19.9. The van der Waals surface area contributed by atoms with Crippen molar-refractivity contribution in [2.24, 2.45) is 4.99 Å². The third-order valence-electron chi connectivity index (χ3n) is 6.97. The van der Waals surface area contributed by atoms with E-state index in [0.717, 1.165) is 16.3 Å². The monoisotopic (exact) mass is 584 g/mol. The molecule has 1 aliphatic heterocycles. The third kappa shape index (κ3) is 4.79. The van der Waals surface area contributed by atoms with E-state index in [4.69, 9.17) is 25.5 Å². The zero-order chi connectivity index (χ0) is 28.7. The van der Waals surface area contributed by atoms with Crippen molar-refractivity contribution in [1.29, 1.82) is 0 Å². The molecule has 0 fully saturated rings. The molecule has 0 saturated heterocycles. The van der Waals surface area contributed by atoms with E-state index in [1.807, 2.05) is 60.7 Å². The fraction of sp³-hybridized carbons (Fsp3) is 0.156. The number of ether oxygens (including phenoxy) is 2. The minimum atomic E-state index is -0.810. The quantitative estimate of drug-likeness (QED) is 0.233. The van der Waals surface area contributed by atoms with Gasteiger partial charge in [-0.25, -0.2) is 9.79 Å². The standard InChI is InChI=1S/C32H25ClN2O5S/c1-4-39-31(37)27-18(2)34-32-35(29(27)28-23-8-6-5-7-19(23)11-15-25(28)38-3)30(36)26(41-32)17-22-14-16-24(40-22)20-9-12-21(33)13-10-20/h5-17,29H,4H2,1-3H3/b26-17+/t29-/m0/s1. The summed E-state index contributed by atoms with van der Waals surface area (Å²) in [7, 11) is 1.58. The largest absolute Gasteiger partial charge is 0.496 e. The maximum atomic E-state index is 14.1. The van der Waals surface area contributed by atoms with Crippen LogP contribution in [0.3, 0.4) is 0 Å². The third-order valence-corrected chi connectivity index (χ3v) is 8.20. The predicted molar refractivity (Wildman–Crippen MR) is 160 cm³/mol. The number of furan rings is 1. The summed E-state index contributed by atoms with van der Waals surface area (Å²) in [6.45, 7) is 3.70. The molecule has 0 radical (unpaired) electrons. The molecule has 1 atom stereocenters. The van der Waals surface area contributed by atoms with Crippen molar-refractivity contribution in [3.63, 3.8) is 0 Å². The Hall–Kier alpha value is -4.40. The number of hydrogen-bond acceptors (Lipinski definition) is 7. The number of halogens is 1. The molecule has 0 saturated carbocycles. The van der Waals surface area contributed by atoms with E-state index < -0.39 is 12.0 Å². The lowest BCUT2D eigenvalue weighted by molar-refractivity contribution is -0.139. The molecule has 0 bridgehead atoms. The lowest BCUT2D eigenvalue weighted by atomic mass is 9.90. The van der Waals surface area contributed by atoms with Gasteiger partial charge in [0.25, 0.3) is 5.56 Å². The summed E-state index contributed by atoms with van der Waals surface area (Å²) >= 11 is 7.26. The molecule has 3 aromatic carbocycles. The van der Waals surface area contributed by atoms with Crippen molar-refractivity contribution in [1.82, 2.24) is 4.57 Å². The summed E-state index contributed by atoms with van der Waals surface area (Å²) in [4.78, 5) is 32.6. The number of aromatic nitrogens is 1. The molecule has 3 heterocycles. The van der Waals surface area contributed by atoms with E-state index in [1.54, 1.807) is 43.7 Å². The molecule has 0 N–H and O–H groups in total. The van der Waals surface area contributed by atoms with Crippen molar-refractivity contribution >= 4 is 45.8 Å². The van der Waals surface area contributed by atoms with Gasteiger partial charge < -0.3 is 13.9 Å². The zero-order valence-corrected chi connectivity index (χ0v) is 24.1. The van der Waals surface area contributed by atoms with Crippen LogP contribution in [0.2, 0.25) is 5.02 Å². The second-order valence-corrected chi connectivity index (χ2v) is 10.9. The van der Waals surface area contributed by atoms with Gasteiger partial charge >= 0.3 is 5.97 Å². The van der Waals surface area contributed by atoms with Gasteiger partial charge in [0.2, 0.25) is 0 Å². The van der Waals surface area contributed by atoms with E-state index in [-0.39, 0.29) is 12.2 Å². The molecule has 9 heteroatoms. The molecular formula is C32H25ClN2O5S. The number of benzene rings is 3. The number of methoxy groups -OCH3 is 1. The van der Waals surface area contributed by atoms with Crippen molar-refractivity contribution in [2.45, 2.75) is 19.9 Å². The second-order valence-electron chi connectivity index (χ2n) is 9.41. The molecule has 7 nitrogen and oxygen atoms in total. The predicted octanol–water partition coefficient (Wildman–Crippen LogP) is 5.87. The lowest BCUT2D eigenvalue weighted by Gasteiger charge is -2.27. The highest BCUT2D eigenvalue weighted by Crippen LogP contribution is 2.40. The number of hydrogen-bond donors (Lipinski definition) is 0. The van der Waals surface area contributed by atoms with Crippen LogP contribution in [0.5, 0.6) is 5.75 Å². The average molecular weight is 585 g/mol. The number of nitrogens with zero attached hydrogens (tertiary/aromatic N) is 2. The van der Waals surface area contributed by atoms with Crippen LogP contribution in [-0.2, 0) is 9.53 Å². The minimum absolute atomic E-state index is 0.188. The first kappa shape index (κ1) is 26.8. The molecule has 1 aliphatic rings. The van der Waals surface area contributed by atoms with Crippen molar-refractivity contribution in [3.8, 4) is 17.1 Å². The van der Waals surface area contributed by atoms with E-state index in [2.05, 4.69) is 4.99 Å². The van der Waals surface area contributed by atoms with Gasteiger partial charge in [-0.05, 0) is 67.1 Å². The molecule has 2 aromatic heterocycles. The molecule has 206 valence electrons. The van der Waals surface area contributed by atoms with E-state index in [1.165, 1.54) is 11.3 Å². The first-order valence-corrected chi connectivity index (χ1v) is 14.2. The normalized spacial score (nSPS) is 15.1. The number of fused-ring (bicyclic) bond motifs is 2. The van der Waals surface area contributed by atoms with Crippen LogP contribution in [-0.4, -0.2) is 24.3 Å². The Morgan fingerprint density at radius 3 is 2.63 bits per heavy atom. The number of carbonyl (C=O) groups excluding carboxylic acids is 1.